The van der Waals surface area contributed by atoms with Gasteiger partial charge in [-0.1, -0.05) is 6.07 Å². The van der Waals surface area contributed by atoms with E-state index in [1.807, 2.05) is 36.0 Å². The Balaban J connectivity index is 1.86. The second kappa shape index (κ2) is 8.12. The summed E-state index contributed by atoms with van der Waals surface area (Å²) in [5.41, 5.74) is 2.53. The van der Waals surface area contributed by atoms with Crippen LogP contribution in [0.15, 0.2) is 42.5 Å². The molecule has 0 bridgehead atoms. The van der Waals surface area contributed by atoms with Crippen molar-refractivity contribution in [1.29, 1.82) is 0 Å². The lowest BCUT2D eigenvalue weighted by Gasteiger charge is -2.22. The van der Waals surface area contributed by atoms with Crippen molar-refractivity contribution in [1.82, 2.24) is 4.90 Å². The summed E-state index contributed by atoms with van der Waals surface area (Å²) in [5.74, 6) is 0.384. The average Bonchev–Trinajstić information content (AvgIpc) is 3.22. The van der Waals surface area contributed by atoms with E-state index in [1.54, 1.807) is 37.4 Å². The fraction of sp³-hybridized carbons (Fsp3) is 0.333. The molecule has 6 nitrogen and oxygen atoms in total. The van der Waals surface area contributed by atoms with E-state index in [2.05, 4.69) is 5.32 Å². The third kappa shape index (κ3) is 4.22. The Hall–Kier alpha value is -3.02. The standard InChI is InChI=1S/C21H25N3O3/c1-23(2)19-10-9-16(14-18(19)21(26)24-11-4-5-12-24)22-20(25)15-7-6-8-17(13-15)27-3/h6-10,13-14H,4-5,11-12H2,1-3H3,(H,22,25). The number of likely N-dealkylation sites (tertiary alicyclic amines) is 1. The van der Waals surface area contributed by atoms with Crippen molar-refractivity contribution >= 4 is 23.2 Å². The first-order valence-electron chi connectivity index (χ1n) is 9.05. The smallest absolute Gasteiger partial charge is 0.256 e. The Morgan fingerprint density at radius 1 is 1.07 bits per heavy atom. The van der Waals surface area contributed by atoms with Crippen molar-refractivity contribution in [2.24, 2.45) is 0 Å². The molecule has 1 saturated heterocycles. The van der Waals surface area contributed by atoms with E-state index in [0.717, 1.165) is 31.6 Å². The highest BCUT2D eigenvalue weighted by atomic mass is 16.5. The summed E-state index contributed by atoms with van der Waals surface area (Å²) in [6.07, 6.45) is 2.07. The Morgan fingerprint density at radius 3 is 2.48 bits per heavy atom. The zero-order chi connectivity index (χ0) is 19.4. The predicted octanol–water partition coefficient (Wildman–Crippen LogP) is 3.25. The maximum Gasteiger partial charge on any atom is 0.256 e. The first-order valence-corrected chi connectivity index (χ1v) is 9.05. The summed E-state index contributed by atoms with van der Waals surface area (Å²) in [6, 6.07) is 12.4. The second-order valence-corrected chi connectivity index (χ2v) is 6.81. The van der Waals surface area contributed by atoms with Crippen molar-refractivity contribution < 1.29 is 14.3 Å². The number of rotatable bonds is 5. The van der Waals surface area contributed by atoms with Gasteiger partial charge in [-0.2, -0.15) is 0 Å². The topological polar surface area (TPSA) is 61.9 Å². The molecule has 6 heteroatoms. The SMILES string of the molecule is COc1cccc(C(=O)Nc2ccc(N(C)C)c(C(=O)N3CCCC3)c2)c1. The number of nitrogens with zero attached hydrogens (tertiary/aromatic N) is 2. The van der Waals surface area contributed by atoms with Crippen LogP contribution in [0.1, 0.15) is 33.6 Å². The lowest BCUT2D eigenvalue weighted by Crippen LogP contribution is -2.29. The molecule has 3 rings (SSSR count). The van der Waals surface area contributed by atoms with Crippen molar-refractivity contribution in [3.8, 4) is 5.75 Å². The van der Waals surface area contributed by atoms with Gasteiger partial charge in [0.25, 0.3) is 11.8 Å². The van der Waals surface area contributed by atoms with Crippen molar-refractivity contribution in [2.45, 2.75) is 12.8 Å². The molecule has 0 atom stereocenters. The van der Waals surface area contributed by atoms with E-state index in [0.29, 0.717) is 22.6 Å². The van der Waals surface area contributed by atoms with Gasteiger partial charge >= 0.3 is 0 Å². The molecule has 1 aliphatic heterocycles. The lowest BCUT2D eigenvalue weighted by atomic mass is 10.1. The quantitative estimate of drug-likeness (QED) is 0.881. The van der Waals surface area contributed by atoms with Crippen LogP contribution >= 0.6 is 0 Å². The van der Waals surface area contributed by atoms with Gasteiger partial charge in [-0.15, -0.1) is 0 Å². The summed E-state index contributed by atoms with van der Waals surface area (Å²) in [5, 5.41) is 2.88. The van der Waals surface area contributed by atoms with Crippen LogP contribution in [0, 0.1) is 0 Å². The molecule has 0 aliphatic carbocycles. The Kier molecular flexibility index (Phi) is 5.64. The molecular weight excluding hydrogens is 342 g/mol. The minimum Gasteiger partial charge on any atom is -0.497 e. The molecule has 27 heavy (non-hydrogen) atoms. The van der Waals surface area contributed by atoms with Crippen LogP contribution in [-0.2, 0) is 0 Å². The van der Waals surface area contributed by atoms with Gasteiger partial charge in [0.15, 0.2) is 0 Å². The molecule has 1 N–H and O–H groups in total. The van der Waals surface area contributed by atoms with E-state index in [9.17, 15) is 9.59 Å². The number of benzene rings is 2. The van der Waals surface area contributed by atoms with Crippen LogP contribution < -0.4 is 15.0 Å². The van der Waals surface area contributed by atoms with Crippen LogP contribution in [0.25, 0.3) is 0 Å². The van der Waals surface area contributed by atoms with Gasteiger partial charge in [-0.3, -0.25) is 9.59 Å². The average molecular weight is 367 g/mol. The van der Waals surface area contributed by atoms with E-state index >= 15 is 0 Å². The predicted molar refractivity (Wildman–Crippen MR) is 107 cm³/mol. The van der Waals surface area contributed by atoms with Gasteiger partial charge in [-0.05, 0) is 49.2 Å². The molecule has 0 saturated carbocycles. The normalized spacial score (nSPS) is 13.4. The number of anilines is 2. The monoisotopic (exact) mass is 367 g/mol. The minimum atomic E-state index is -0.244. The van der Waals surface area contributed by atoms with Crippen LogP contribution in [0.2, 0.25) is 0 Å². The van der Waals surface area contributed by atoms with Gasteiger partial charge in [0.05, 0.1) is 12.7 Å². The molecule has 0 aromatic heterocycles. The fourth-order valence-corrected chi connectivity index (χ4v) is 3.23. The molecule has 2 aromatic rings. The number of amides is 2. The van der Waals surface area contributed by atoms with Gasteiger partial charge in [-0.25, -0.2) is 0 Å². The summed E-state index contributed by atoms with van der Waals surface area (Å²) in [7, 11) is 5.38. The van der Waals surface area contributed by atoms with Gasteiger partial charge in [0.2, 0.25) is 0 Å². The minimum absolute atomic E-state index is 0.00804. The Bertz CT molecular complexity index is 842. The maximum absolute atomic E-state index is 12.9. The summed E-state index contributed by atoms with van der Waals surface area (Å²) >= 11 is 0. The van der Waals surface area contributed by atoms with Crippen molar-refractivity contribution in [2.75, 3.05) is 44.5 Å². The molecule has 1 fully saturated rings. The molecule has 0 unspecified atom stereocenters. The van der Waals surface area contributed by atoms with Crippen LogP contribution in [0.4, 0.5) is 11.4 Å². The fourth-order valence-electron chi connectivity index (χ4n) is 3.23. The maximum atomic E-state index is 12.9. The summed E-state index contributed by atoms with van der Waals surface area (Å²) in [6.45, 7) is 1.57. The van der Waals surface area contributed by atoms with Gasteiger partial charge in [0.1, 0.15) is 5.75 Å². The zero-order valence-corrected chi connectivity index (χ0v) is 16.0. The summed E-state index contributed by atoms with van der Waals surface area (Å²) in [4.78, 5) is 29.3. The molecule has 2 aromatic carbocycles. The molecule has 0 spiro atoms. The number of carbonyl (C=O) groups is 2. The van der Waals surface area contributed by atoms with Crippen LogP contribution in [0.5, 0.6) is 5.75 Å². The molecule has 142 valence electrons. The highest BCUT2D eigenvalue weighted by Gasteiger charge is 2.23. The third-order valence-corrected chi connectivity index (χ3v) is 4.69. The highest BCUT2D eigenvalue weighted by Crippen LogP contribution is 2.26. The van der Waals surface area contributed by atoms with Crippen LogP contribution in [0.3, 0.4) is 0 Å². The second-order valence-electron chi connectivity index (χ2n) is 6.81. The first kappa shape index (κ1) is 18.8. The molecule has 2 amide bonds. The molecule has 1 aliphatic rings. The highest BCUT2D eigenvalue weighted by molar-refractivity contribution is 6.06. The zero-order valence-electron chi connectivity index (χ0n) is 16.0. The van der Waals surface area contributed by atoms with Gasteiger partial charge < -0.3 is 19.9 Å². The summed E-state index contributed by atoms with van der Waals surface area (Å²) < 4.78 is 5.17. The number of ether oxygens (including phenoxy) is 1. The van der Waals surface area contributed by atoms with Crippen molar-refractivity contribution in [3.05, 3.63) is 53.6 Å². The Labute approximate surface area is 159 Å². The lowest BCUT2D eigenvalue weighted by molar-refractivity contribution is 0.0793. The van der Waals surface area contributed by atoms with Gasteiger partial charge in [0, 0.05) is 44.1 Å². The van der Waals surface area contributed by atoms with Crippen molar-refractivity contribution in [3.63, 3.8) is 0 Å². The Morgan fingerprint density at radius 2 is 1.81 bits per heavy atom. The molecule has 1 heterocycles. The molecular formula is C21H25N3O3. The third-order valence-electron chi connectivity index (χ3n) is 4.69. The number of methoxy groups -OCH3 is 1. The molecule has 0 radical (unpaired) electrons. The van der Waals surface area contributed by atoms with E-state index in [-0.39, 0.29) is 11.8 Å². The first-order chi connectivity index (χ1) is 13.0. The van der Waals surface area contributed by atoms with E-state index in [4.69, 9.17) is 4.74 Å². The number of hydrogen-bond donors (Lipinski definition) is 1. The van der Waals surface area contributed by atoms with E-state index in [1.165, 1.54) is 0 Å². The van der Waals surface area contributed by atoms with Crippen LogP contribution in [-0.4, -0.2) is 51.0 Å². The largest absolute Gasteiger partial charge is 0.497 e. The number of carbonyl (C=O) groups excluding carboxylic acids is 2. The van der Waals surface area contributed by atoms with E-state index < -0.39 is 0 Å². The number of nitrogens with one attached hydrogen (secondary N) is 1. The number of hydrogen-bond acceptors (Lipinski definition) is 4.